The fraction of sp³-hybridized carbons (Fsp3) is 0.167. The molecular weight excluding hydrogens is 294 g/mol. The van der Waals surface area contributed by atoms with E-state index < -0.39 is 5.97 Å². The summed E-state index contributed by atoms with van der Waals surface area (Å²) in [5, 5.41) is 19.6. The summed E-state index contributed by atoms with van der Waals surface area (Å²) in [5.74, 6) is -0.289. The summed E-state index contributed by atoms with van der Waals surface area (Å²) in [4.78, 5) is 11.5. The number of nitrogens with zero attached hydrogens (tertiary/aromatic N) is 1. The first kappa shape index (κ1) is 15.0. The molecule has 1 heterocycles. The molecule has 118 valence electrons. The molecule has 3 rings (SSSR count). The van der Waals surface area contributed by atoms with Crippen molar-refractivity contribution in [2.24, 2.45) is 0 Å². The predicted octanol–water partition coefficient (Wildman–Crippen LogP) is 3.64. The van der Waals surface area contributed by atoms with Crippen molar-refractivity contribution in [1.82, 2.24) is 4.57 Å². The number of hydrogen-bond donors (Lipinski definition) is 2. The van der Waals surface area contributed by atoms with Crippen LogP contribution in [0.15, 0.2) is 48.7 Å². The number of aryl methyl sites for hydroxylation is 1. The SMILES string of the molecule is CCn1cc(COc2cccc(O)c2)c2c(C(=O)O)cccc21. The minimum Gasteiger partial charge on any atom is -0.508 e. The van der Waals surface area contributed by atoms with Crippen molar-refractivity contribution in [3.63, 3.8) is 0 Å². The Morgan fingerprint density at radius 1 is 1.22 bits per heavy atom. The summed E-state index contributed by atoms with van der Waals surface area (Å²) in [6.45, 7) is 2.98. The summed E-state index contributed by atoms with van der Waals surface area (Å²) < 4.78 is 7.71. The van der Waals surface area contributed by atoms with Gasteiger partial charge in [-0.05, 0) is 31.2 Å². The number of carboxylic acids is 1. The van der Waals surface area contributed by atoms with Gasteiger partial charge in [0.2, 0.25) is 0 Å². The number of rotatable bonds is 5. The molecule has 0 atom stereocenters. The van der Waals surface area contributed by atoms with Crippen LogP contribution in [0.25, 0.3) is 10.9 Å². The zero-order valence-electron chi connectivity index (χ0n) is 12.7. The number of benzene rings is 2. The highest BCUT2D eigenvalue weighted by Gasteiger charge is 2.16. The van der Waals surface area contributed by atoms with E-state index >= 15 is 0 Å². The topological polar surface area (TPSA) is 71.7 Å². The molecule has 0 aliphatic rings. The molecule has 0 aliphatic carbocycles. The fourth-order valence-electron chi connectivity index (χ4n) is 2.72. The van der Waals surface area contributed by atoms with Crippen LogP contribution in [-0.4, -0.2) is 20.7 Å². The van der Waals surface area contributed by atoms with Crippen LogP contribution in [0, 0.1) is 0 Å². The van der Waals surface area contributed by atoms with Gasteiger partial charge in [0.15, 0.2) is 0 Å². The van der Waals surface area contributed by atoms with Gasteiger partial charge in [-0.1, -0.05) is 12.1 Å². The van der Waals surface area contributed by atoms with Crippen molar-refractivity contribution >= 4 is 16.9 Å². The Kier molecular flexibility index (Phi) is 3.93. The predicted molar refractivity (Wildman–Crippen MR) is 87.0 cm³/mol. The third kappa shape index (κ3) is 2.85. The molecule has 0 spiro atoms. The Bertz CT molecular complexity index is 867. The highest BCUT2D eigenvalue weighted by molar-refractivity contribution is 6.04. The molecule has 0 fully saturated rings. The highest BCUT2D eigenvalue weighted by atomic mass is 16.5. The molecule has 2 aromatic carbocycles. The van der Waals surface area contributed by atoms with Gasteiger partial charge in [-0.25, -0.2) is 4.79 Å². The van der Waals surface area contributed by atoms with E-state index in [4.69, 9.17) is 4.74 Å². The first-order chi connectivity index (χ1) is 11.1. The number of carboxylic acid groups (broad SMARTS) is 1. The number of fused-ring (bicyclic) bond motifs is 1. The number of carbonyl (C=O) groups is 1. The van der Waals surface area contributed by atoms with Gasteiger partial charge in [0.05, 0.1) is 5.56 Å². The minimum atomic E-state index is -0.956. The van der Waals surface area contributed by atoms with E-state index in [1.54, 1.807) is 30.3 Å². The van der Waals surface area contributed by atoms with Crippen LogP contribution in [0.3, 0.4) is 0 Å². The van der Waals surface area contributed by atoms with E-state index in [1.807, 2.05) is 23.8 Å². The van der Waals surface area contributed by atoms with Crippen molar-refractivity contribution in [1.29, 1.82) is 0 Å². The molecule has 5 nitrogen and oxygen atoms in total. The summed E-state index contributed by atoms with van der Waals surface area (Å²) in [5.41, 5.74) is 1.95. The van der Waals surface area contributed by atoms with Crippen molar-refractivity contribution < 1.29 is 19.7 Å². The Hall–Kier alpha value is -2.95. The second kappa shape index (κ2) is 6.04. The monoisotopic (exact) mass is 311 g/mol. The maximum atomic E-state index is 11.5. The lowest BCUT2D eigenvalue weighted by Gasteiger charge is -2.06. The third-order valence-electron chi connectivity index (χ3n) is 3.77. The van der Waals surface area contributed by atoms with Gasteiger partial charge in [0, 0.05) is 35.3 Å². The molecule has 0 bridgehead atoms. The van der Waals surface area contributed by atoms with E-state index in [0.29, 0.717) is 11.1 Å². The zero-order valence-corrected chi connectivity index (χ0v) is 12.7. The highest BCUT2D eigenvalue weighted by Crippen LogP contribution is 2.27. The molecule has 5 heteroatoms. The largest absolute Gasteiger partial charge is 0.508 e. The number of aromatic hydroxyl groups is 1. The molecule has 0 unspecified atom stereocenters. The minimum absolute atomic E-state index is 0.129. The Balaban J connectivity index is 2.01. The summed E-state index contributed by atoms with van der Waals surface area (Å²) in [7, 11) is 0. The third-order valence-corrected chi connectivity index (χ3v) is 3.77. The average Bonchev–Trinajstić information content (AvgIpc) is 2.91. The molecule has 0 saturated heterocycles. The van der Waals surface area contributed by atoms with Crippen LogP contribution < -0.4 is 4.74 Å². The van der Waals surface area contributed by atoms with E-state index in [1.165, 1.54) is 6.07 Å². The maximum Gasteiger partial charge on any atom is 0.336 e. The van der Waals surface area contributed by atoms with Crippen molar-refractivity contribution in [3.8, 4) is 11.5 Å². The molecule has 2 N–H and O–H groups in total. The quantitative estimate of drug-likeness (QED) is 0.754. The molecule has 0 radical (unpaired) electrons. The summed E-state index contributed by atoms with van der Waals surface area (Å²) in [6.07, 6.45) is 1.92. The number of ether oxygens (including phenoxy) is 1. The molecule has 0 saturated carbocycles. The molecule has 3 aromatic rings. The normalized spacial score (nSPS) is 10.8. The van der Waals surface area contributed by atoms with Crippen LogP contribution in [0.5, 0.6) is 11.5 Å². The van der Waals surface area contributed by atoms with E-state index in [9.17, 15) is 15.0 Å². The molecule has 1 aromatic heterocycles. The number of phenols is 1. The maximum absolute atomic E-state index is 11.5. The lowest BCUT2D eigenvalue weighted by Crippen LogP contribution is -2.00. The molecule has 0 amide bonds. The van der Waals surface area contributed by atoms with Gasteiger partial charge in [-0.2, -0.15) is 0 Å². The van der Waals surface area contributed by atoms with Crippen LogP contribution in [0.4, 0.5) is 0 Å². The van der Waals surface area contributed by atoms with Gasteiger partial charge in [-0.15, -0.1) is 0 Å². The lowest BCUT2D eigenvalue weighted by molar-refractivity contribution is 0.0699. The average molecular weight is 311 g/mol. The second-order valence-corrected chi connectivity index (χ2v) is 5.23. The number of aromatic carboxylic acids is 1. The molecule has 23 heavy (non-hydrogen) atoms. The van der Waals surface area contributed by atoms with Crippen LogP contribution in [-0.2, 0) is 13.2 Å². The van der Waals surface area contributed by atoms with E-state index in [-0.39, 0.29) is 17.9 Å². The van der Waals surface area contributed by atoms with Crippen LogP contribution in [0.2, 0.25) is 0 Å². The van der Waals surface area contributed by atoms with Gasteiger partial charge >= 0.3 is 5.97 Å². The molecule has 0 aliphatic heterocycles. The van der Waals surface area contributed by atoms with E-state index in [0.717, 1.165) is 17.6 Å². The van der Waals surface area contributed by atoms with Crippen LogP contribution in [0.1, 0.15) is 22.8 Å². The number of hydrogen-bond acceptors (Lipinski definition) is 3. The van der Waals surface area contributed by atoms with Gasteiger partial charge in [0.25, 0.3) is 0 Å². The fourth-order valence-corrected chi connectivity index (χ4v) is 2.72. The lowest BCUT2D eigenvalue weighted by atomic mass is 10.1. The van der Waals surface area contributed by atoms with Crippen molar-refractivity contribution in [2.75, 3.05) is 0 Å². The zero-order chi connectivity index (χ0) is 16.4. The van der Waals surface area contributed by atoms with Crippen molar-refractivity contribution in [2.45, 2.75) is 20.1 Å². The number of phenolic OH excluding ortho intramolecular Hbond substituents is 1. The van der Waals surface area contributed by atoms with Gasteiger partial charge < -0.3 is 19.5 Å². The first-order valence-corrected chi connectivity index (χ1v) is 7.36. The van der Waals surface area contributed by atoms with Gasteiger partial charge in [-0.3, -0.25) is 0 Å². The van der Waals surface area contributed by atoms with Crippen LogP contribution >= 0.6 is 0 Å². The summed E-state index contributed by atoms with van der Waals surface area (Å²) in [6, 6.07) is 11.8. The number of aromatic nitrogens is 1. The van der Waals surface area contributed by atoms with Gasteiger partial charge in [0.1, 0.15) is 18.1 Å². The Morgan fingerprint density at radius 3 is 2.70 bits per heavy atom. The standard InChI is InChI=1S/C18H17NO4/c1-2-19-10-12(11-23-14-6-3-5-13(20)9-14)17-15(18(21)22)7-4-8-16(17)19/h3-10,20H,2,11H2,1H3,(H,21,22). The second-order valence-electron chi connectivity index (χ2n) is 5.23. The Labute approximate surface area is 133 Å². The smallest absolute Gasteiger partial charge is 0.336 e. The Morgan fingerprint density at radius 2 is 2.00 bits per heavy atom. The first-order valence-electron chi connectivity index (χ1n) is 7.36. The van der Waals surface area contributed by atoms with Crippen molar-refractivity contribution in [3.05, 3.63) is 59.8 Å². The molecular formula is C18H17NO4. The van der Waals surface area contributed by atoms with E-state index in [2.05, 4.69) is 0 Å². The summed E-state index contributed by atoms with van der Waals surface area (Å²) >= 11 is 0.